The lowest BCUT2D eigenvalue weighted by molar-refractivity contribution is -0.121. The molecule has 1 aromatic carbocycles. The Hall–Kier alpha value is -1.62. The Morgan fingerprint density at radius 1 is 1.12 bits per heavy atom. The number of hydrogen-bond donors (Lipinski definition) is 2. The summed E-state index contributed by atoms with van der Waals surface area (Å²) < 4.78 is 10.5. The molecule has 134 valence electrons. The summed E-state index contributed by atoms with van der Waals surface area (Å²) in [5.74, 6) is 1.29. The second-order valence-electron chi connectivity index (χ2n) is 6.12. The molecule has 2 rings (SSSR count). The van der Waals surface area contributed by atoms with E-state index >= 15 is 0 Å². The van der Waals surface area contributed by atoms with Gasteiger partial charge in [0.05, 0.1) is 24.9 Å². The number of methoxy groups -OCH3 is 2. The average molecular weight is 355 g/mol. The molecule has 1 aliphatic carbocycles. The third kappa shape index (κ3) is 5.48. The Labute approximate surface area is 149 Å². The lowest BCUT2D eigenvalue weighted by Crippen LogP contribution is -2.35. The number of benzene rings is 1. The maximum absolute atomic E-state index is 12.1. The largest absolute Gasteiger partial charge is 0.495 e. The summed E-state index contributed by atoms with van der Waals surface area (Å²) in [6, 6.07) is 3.82. The summed E-state index contributed by atoms with van der Waals surface area (Å²) in [7, 11) is 3.15. The van der Waals surface area contributed by atoms with E-state index in [2.05, 4.69) is 10.6 Å². The molecule has 0 aliphatic heterocycles. The van der Waals surface area contributed by atoms with Gasteiger partial charge in [0.25, 0.3) is 0 Å². The molecular formula is C18H27ClN2O3. The summed E-state index contributed by atoms with van der Waals surface area (Å²) >= 11 is 6.09. The van der Waals surface area contributed by atoms with E-state index in [1.807, 2.05) is 0 Å². The van der Waals surface area contributed by atoms with Crippen molar-refractivity contribution in [1.29, 1.82) is 0 Å². The van der Waals surface area contributed by atoms with Crippen LogP contribution in [0.2, 0.25) is 5.02 Å². The number of hydrogen-bond acceptors (Lipinski definition) is 4. The first-order valence-corrected chi connectivity index (χ1v) is 8.96. The fourth-order valence-electron chi connectivity index (χ4n) is 3.03. The van der Waals surface area contributed by atoms with Gasteiger partial charge in [-0.1, -0.05) is 37.3 Å². The number of rotatable bonds is 7. The minimum absolute atomic E-state index is 0.0919. The lowest BCUT2D eigenvalue weighted by Gasteiger charge is -2.17. The molecule has 1 aromatic rings. The van der Waals surface area contributed by atoms with Crippen molar-refractivity contribution in [2.75, 3.05) is 26.1 Å². The van der Waals surface area contributed by atoms with Gasteiger partial charge in [-0.2, -0.15) is 0 Å². The van der Waals surface area contributed by atoms with Crippen LogP contribution in [0.15, 0.2) is 12.1 Å². The average Bonchev–Trinajstić information content (AvgIpc) is 2.84. The zero-order chi connectivity index (χ0) is 17.4. The second kappa shape index (κ2) is 9.62. The molecule has 1 aliphatic rings. The molecule has 5 nitrogen and oxygen atoms in total. The smallest absolute Gasteiger partial charge is 0.221 e. The van der Waals surface area contributed by atoms with Gasteiger partial charge in [-0.15, -0.1) is 0 Å². The van der Waals surface area contributed by atoms with Gasteiger partial charge in [-0.25, -0.2) is 0 Å². The molecule has 0 unspecified atom stereocenters. The molecule has 2 N–H and O–H groups in total. The molecule has 0 spiro atoms. The molecule has 0 atom stereocenters. The third-order valence-electron chi connectivity index (χ3n) is 4.36. The Morgan fingerprint density at radius 3 is 2.42 bits per heavy atom. The Bertz CT molecular complexity index is 543. The van der Waals surface area contributed by atoms with Crippen molar-refractivity contribution < 1.29 is 14.3 Å². The van der Waals surface area contributed by atoms with Crippen molar-refractivity contribution in [2.24, 2.45) is 0 Å². The number of halogens is 1. The molecule has 0 aromatic heterocycles. The zero-order valence-corrected chi connectivity index (χ0v) is 15.2. The van der Waals surface area contributed by atoms with E-state index in [0.717, 1.165) is 18.5 Å². The van der Waals surface area contributed by atoms with Crippen molar-refractivity contribution >= 4 is 23.2 Å². The summed E-state index contributed by atoms with van der Waals surface area (Å²) in [5.41, 5.74) is 0.765. The SMILES string of the molecule is COc1cc(NCCC(=O)NC2CCCCCC2)c(OC)cc1Cl. The number of anilines is 1. The van der Waals surface area contributed by atoms with Crippen LogP contribution in [-0.4, -0.2) is 32.7 Å². The monoisotopic (exact) mass is 354 g/mol. The van der Waals surface area contributed by atoms with E-state index in [4.69, 9.17) is 21.1 Å². The predicted molar refractivity (Wildman–Crippen MR) is 97.3 cm³/mol. The molecule has 6 heteroatoms. The zero-order valence-electron chi connectivity index (χ0n) is 14.5. The van der Waals surface area contributed by atoms with Crippen LogP contribution in [0.5, 0.6) is 11.5 Å². The van der Waals surface area contributed by atoms with E-state index < -0.39 is 0 Å². The summed E-state index contributed by atoms with van der Waals surface area (Å²) in [5, 5.41) is 6.86. The van der Waals surface area contributed by atoms with Gasteiger partial charge in [-0.3, -0.25) is 4.79 Å². The van der Waals surface area contributed by atoms with Crippen molar-refractivity contribution in [3.63, 3.8) is 0 Å². The van der Waals surface area contributed by atoms with Gasteiger partial charge in [0.1, 0.15) is 11.5 Å². The topological polar surface area (TPSA) is 59.6 Å². The van der Waals surface area contributed by atoms with Crippen LogP contribution in [0.1, 0.15) is 44.9 Å². The first-order chi connectivity index (χ1) is 11.6. The van der Waals surface area contributed by atoms with E-state index in [9.17, 15) is 4.79 Å². The van der Waals surface area contributed by atoms with Gasteiger partial charge in [0.2, 0.25) is 5.91 Å². The highest BCUT2D eigenvalue weighted by atomic mass is 35.5. The fourth-order valence-corrected chi connectivity index (χ4v) is 3.26. The number of amides is 1. The lowest BCUT2D eigenvalue weighted by atomic mass is 10.1. The summed E-state index contributed by atoms with van der Waals surface area (Å²) in [4.78, 5) is 12.1. The first-order valence-electron chi connectivity index (χ1n) is 8.58. The highest BCUT2D eigenvalue weighted by Crippen LogP contribution is 2.35. The highest BCUT2D eigenvalue weighted by molar-refractivity contribution is 6.32. The number of nitrogens with one attached hydrogen (secondary N) is 2. The molecule has 24 heavy (non-hydrogen) atoms. The van der Waals surface area contributed by atoms with Gasteiger partial charge >= 0.3 is 0 Å². The van der Waals surface area contributed by atoms with Crippen LogP contribution in [0.3, 0.4) is 0 Å². The number of carbonyl (C=O) groups excluding carboxylic acids is 1. The standard InChI is InChI=1S/C18H27ClN2O3/c1-23-16-12-15(17(24-2)11-14(16)19)20-10-9-18(22)21-13-7-5-3-4-6-8-13/h11-13,20H,3-10H2,1-2H3,(H,21,22). The molecule has 1 saturated carbocycles. The molecule has 0 radical (unpaired) electrons. The van der Waals surface area contributed by atoms with Crippen molar-refractivity contribution in [1.82, 2.24) is 5.32 Å². The fraction of sp³-hybridized carbons (Fsp3) is 0.611. The Morgan fingerprint density at radius 2 is 1.79 bits per heavy atom. The quantitative estimate of drug-likeness (QED) is 0.726. The van der Waals surface area contributed by atoms with Gasteiger partial charge < -0.3 is 20.1 Å². The molecule has 0 bridgehead atoms. The van der Waals surface area contributed by atoms with Crippen LogP contribution in [0.25, 0.3) is 0 Å². The summed E-state index contributed by atoms with van der Waals surface area (Å²) in [6.07, 6.45) is 7.61. The molecule has 1 amide bonds. The van der Waals surface area contributed by atoms with E-state index in [1.165, 1.54) is 25.7 Å². The van der Waals surface area contributed by atoms with Crippen LogP contribution >= 0.6 is 11.6 Å². The van der Waals surface area contributed by atoms with E-state index in [1.54, 1.807) is 26.4 Å². The third-order valence-corrected chi connectivity index (χ3v) is 4.66. The van der Waals surface area contributed by atoms with E-state index in [-0.39, 0.29) is 5.91 Å². The minimum Gasteiger partial charge on any atom is -0.495 e. The second-order valence-corrected chi connectivity index (χ2v) is 6.53. The van der Waals surface area contributed by atoms with Gasteiger partial charge in [-0.05, 0) is 12.8 Å². The normalized spacial score (nSPS) is 15.5. The number of ether oxygens (including phenoxy) is 2. The van der Waals surface area contributed by atoms with Crippen molar-refractivity contribution in [3.8, 4) is 11.5 Å². The van der Waals surface area contributed by atoms with Crippen molar-refractivity contribution in [2.45, 2.75) is 51.0 Å². The van der Waals surface area contributed by atoms with Crippen LogP contribution in [-0.2, 0) is 4.79 Å². The molecule has 0 saturated heterocycles. The molecule has 0 heterocycles. The Kier molecular flexibility index (Phi) is 7.50. The minimum atomic E-state index is 0.0919. The predicted octanol–water partition coefficient (Wildman–Crippen LogP) is 4.00. The van der Waals surface area contributed by atoms with Gasteiger partial charge in [0.15, 0.2) is 0 Å². The molecule has 1 fully saturated rings. The highest BCUT2D eigenvalue weighted by Gasteiger charge is 2.15. The maximum Gasteiger partial charge on any atom is 0.221 e. The molecular weight excluding hydrogens is 328 g/mol. The van der Waals surface area contributed by atoms with Crippen LogP contribution < -0.4 is 20.1 Å². The van der Waals surface area contributed by atoms with Crippen LogP contribution in [0, 0.1) is 0 Å². The first kappa shape index (κ1) is 18.7. The van der Waals surface area contributed by atoms with Gasteiger partial charge in [0, 0.05) is 31.1 Å². The summed E-state index contributed by atoms with van der Waals surface area (Å²) in [6.45, 7) is 0.527. The number of carbonyl (C=O) groups is 1. The van der Waals surface area contributed by atoms with Crippen molar-refractivity contribution in [3.05, 3.63) is 17.2 Å². The maximum atomic E-state index is 12.1. The van der Waals surface area contributed by atoms with E-state index in [0.29, 0.717) is 35.5 Å². The Balaban J connectivity index is 1.83. The van der Waals surface area contributed by atoms with Crippen LogP contribution in [0.4, 0.5) is 5.69 Å².